The van der Waals surface area contributed by atoms with Crippen LogP contribution in [-0.4, -0.2) is 29.9 Å². The molecule has 2 fully saturated rings. The first kappa shape index (κ1) is 10.6. The summed E-state index contributed by atoms with van der Waals surface area (Å²) >= 11 is 0. The number of piperidine rings is 1. The molecule has 0 bridgehead atoms. The minimum absolute atomic E-state index is 0.242. The van der Waals surface area contributed by atoms with Gasteiger partial charge in [0.15, 0.2) is 0 Å². The molecule has 1 amide bonds. The third-order valence-electron chi connectivity index (χ3n) is 4.92. The maximum Gasteiger partial charge on any atom is 0.224 e. The van der Waals surface area contributed by atoms with Gasteiger partial charge >= 0.3 is 0 Å². The van der Waals surface area contributed by atoms with Gasteiger partial charge in [-0.05, 0) is 30.4 Å². The molecule has 3 aliphatic rings. The van der Waals surface area contributed by atoms with Crippen LogP contribution in [0, 0.1) is 5.92 Å². The first-order chi connectivity index (χ1) is 8.84. The molecule has 0 aliphatic carbocycles. The summed E-state index contributed by atoms with van der Waals surface area (Å²) in [6, 6.07) is 9.80. The molecule has 3 heterocycles. The summed E-state index contributed by atoms with van der Waals surface area (Å²) in [4.78, 5) is 14.4. The number of nitrogens with zero attached hydrogens (tertiary/aromatic N) is 1. The minimum Gasteiger partial charge on any atom is -0.354 e. The lowest BCUT2D eigenvalue weighted by molar-refractivity contribution is -0.124. The number of fused-ring (bicyclic) bond motifs is 5. The molecule has 0 radical (unpaired) electrons. The summed E-state index contributed by atoms with van der Waals surface area (Å²) < 4.78 is 0. The molecule has 2 saturated heterocycles. The second kappa shape index (κ2) is 3.82. The van der Waals surface area contributed by atoms with Crippen LogP contribution in [0.15, 0.2) is 24.3 Å². The zero-order valence-electron chi connectivity index (χ0n) is 10.4. The van der Waals surface area contributed by atoms with E-state index in [9.17, 15) is 4.79 Å². The molecule has 4 rings (SSSR count). The van der Waals surface area contributed by atoms with E-state index in [-0.39, 0.29) is 11.8 Å². The van der Waals surface area contributed by atoms with Crippen LogP contribution in [0.25, 0.3) is 0 Å². The lowest BCUT2D eigenvalue weighted by Crippen LogP contribution is -2.50. The summed E-state index contributed by atoms with van der Waals surface area (Å²) in [7, 11) is 0. The molecule has 94 valence electrons. The van der Waals surface area contributed by atoms with E-state index < -0.39 is 0 Å². The third-order valence-corrected chi connectivity index (χ3v) is 4.92. The van der Waals surface area contributed by atoms with Gasteiger partial charge in [0, 0.05) is 25.2 Å². The van der Waals surface area contributed by atoms with Crippen molar-refractivity contribution >= 4 is 5.91 Å². The number of hydrogen-bond donors (Lipinski definition) is 1. The van der Waals surface area contributed by atoms with Crippen molar-refractivity contribution in [3.63, 3.8) is 0 Å². The van der Waals surface area contributed by atoms with Gasteiger partial charge in [-0.25, -0.2) is 0 Å². The average Bonchev–Trinajstić information content (AvgIpc) is 2.80. The molecule has 1 aromatic carbocycles. The summed E-state index contributed by atoms with van der Waals surface area (Å²) in [5.41, 5.74) is 3.01. The lowest BCUT2D eigenvalue weighted by Gasteiger charge is -2.46. The van der Waals surface area contributed by atoms with E-state index in [1.807, 2.05) is 0 Å². The topological polar surface area (TPSA) is 32.3 Å². The summed E-state index contributed by atoms with van der Waals surface area (Å²) in [5, 5.41) is 3.04. The van der Waals surface area contributed by atoms with Crippen LogP contribution < -0.4 is 5.32 Å². The zero-order chi connectivity index (χ0) is 12.1. The minimum atomic E-state index is 0.242. The predicted octanol–water partition coefficient (Wildman–Crippen LogP) is 1.49. The summed E-state index contributed by atoms with van der Waals surface area (Å²) in [6.45, 7) is 1.96. The quantitative estimate of drug-likeness (QED) is 0.747. The smallest absolute Gasteiger partial charge is 0.224 e. The Labute approximate surface area is 107 Å². The molecule has 0 aromatic heterocycles. The first-order valence-corrected chi connectivity index (χ1v) is 6.96. The predicted molar refractivity (Wildman–Crippen MR) is 69.1 cm³/mol. The molecule has 18 heavy (non-hydrogen) atoms. The average molecular weight is 242 g/mol. The van der Waals surface area contributed by atoms with Gasteiger partial charge in [0.05, 0.1) is 5.92 Å². The number of hydrogen-bond acceptors (Lipinski definition) is 2. The first-order valence-electron chi connectivity index (χ1n) is 6.96. The summed E-state index contributed by atoms with van der Waals surface area (Å²) in [5.74, 6) is 0.517. The Morgan fingerprint density at radius 3 is 3.06 bits per heavy atom. The number of carbonyl (C=O) groups excluding carboxylic acids is 1. The largest absolute Gasteiger partial charge is 0.354 e. The van der Waals surface area contributed by atoms with Crippen LogP contribution >= 0.6 is 0 Å². The molecular weight excluding hydrogens is 224 g/mol. The second-order valence-corrected chi connectivity index (χ2v) is 5.70. The van der Waals surface area contributed by atoms with Crippen molar-refractivity contribution in [3.8, 4) is 0 Å². The van der Waals surface area contributed by atoms with Crippen molar-refractivity contribution in [2.75, 3.05) is 13.1 Å². The highest BCUT2D eigenvalue weighted by Crippen LogP contribution is 2.42. The lowest BCUT2D eigenvalue weighted by atomic mass is 9.80. The van der Waals surface area contributed by atoms with Crippen molar-refractivity contribution in [2.24, 2.45) is 5.92 Å². The Hall–Kier alpha value is -1.35. The maximum absolute atomic E-state index is 11.8. The molecule has 3 atom stereocenters. The zero-order valence-corrected chi connectivity index (χ0v) is 10.4. The normalized spacial score (nSPS) is 34.4. The highest BCUT2D eigenvalue weighted by molar-refractivity contribution is 5.82. The Morgan fingerprint density at radius 1 is 1.22 bits per heavy atom. The summed E-state index contributed by atoms with van der Waals surface area (Å²) in [6.07, 6.45) is 3.31. The van der Waals surface area contributed by atoms with Crippen LogP contribution in [0.1, 0.15) is 30.0 Å². The Bertz CT molecular complexity index is 499. The molecule has 1 N–H and O–H groups in total. The Kier molecular flexibility index (Phi) is 2.24. The Balaban J connectivity index is 1.71. The Morgan fingerprint density at radius 2 is 2.11 bits per heavy atom. The van der Waals surface area contributed by atoms with Crippen molar-refractivity contribution in [3.05, 3.63) is 35.4 Å². The van der Waals surface area contributed by atoms with E-state index in [0.717, 1.165) is 32.4 Å². The van der Waals surface area contributed by atoms with Gasteiger partial charge in [0.25, 0.3) is 0 Å². The number of nitrogens with one attached hydrogen (secondary N) is 1. The van der Waals surface area contributed by atoms with E-state index >= 15 is 0 Å². The van der Waals surface area contributed by atoms with Crippen LogP contribution in [0.2, 0.25) is 0 Å². The molecule has 0 saturated carbocycles. The molecule has 3 heteroatoms. The van der Waals surface area contributed by atoms with Crippen LogP contribution in [0.4, 0.5) is 0 Å². The monoisotopic (exact) mass is 242 g/mol. The number of carbonyl (C=O) groups is 1. The van der Waals surface area contributed by atoms with Crippen molar-refractivity contribution in [2.45, 2.75) is 31.3 Å². The van der Waals surface area contributed by atoms with Gasteiger partial charge in [0.2, 0.25) is 5.91 Å². The van der Waals surface area contributed by atoms with Gasteiger partial charge in [-0.3, -0.25) is 9.69 Å². The molecular formula is C15H18N2O. The number of amides is 1. The van der Waals surface area contributed by atoms with E-state index in [1.165, 1.54) is 11.1 Å². The van der Waals surface area contributed by atoms with Crippen LogP contribution in [-0.2, 0) is 11.2 Å². The highest BCUT2D eigenvalue weighted by Gasteiger charge is 2.46. The fourth-order valence-electron chi connectivity index (χ4n) is 4.05. The molecule has 3 aliphatic heterocycles. The van der Waals surface area contributed by atoms with E-state index in [1.54, 1.807) is 0 Å². The number of rotatable bonds is 0. The second-order valence-electron chi connectivity index (χ2n) is 5.70. The molecule has 0 unspecified atom stereocenters. The third kappa shape index (κ3) is 1.37. The van der Waals surface area contributed by atoms with Gasteiger partial charge in [-0.15, -0.1) is 0 Å². The molecule has 0 spiro atoms. The standard InChI is InChI=1S/C15H18N2O/c18-15-12-5-6-13-11-4-2-1-3-10(11)7-8-17(13)14(12)9-16-15/h1-4,12-14H,5-9H2,(H,16,18)/t12-,13-,14-/m1/s1. The fraction of sp³-hybridized carbons (Fsp3) is 0.533. The molecule has 3 nitrogen and oxygen atoms in total. The fourth-order valence-corrected chi connectivity index (χ4v) is 4.05. The van der Waals surface area contributed by atoms with E-state index in [0.29, 0.717) is 12.1 Å². The van der Waals surface area contributed by atoms with Gasteiger partial charge in [-0.1, -0.05) is 24.3 Å². The SMILES string of the molecule is O=C1NC[C@@H]2[C@H]1CC[C@@H]1c3ccccc3CCN12. The maximum atomic E-state index is 11.8. The van der Waals surface area contributed by atoms with E-state index in [2.05, 4.69) is 34.5 Å². The van der Waals surface area contributed by atoms with Crippen LogP contribution in [0.5, 0.6) is 0 Å². The van der Waals surface area contributed by atoms with E-state index in [4.69, 9.17) is 0 Å². The highest BCUT2D eigenvalue weighted by atomic mass is 16.2. The van der Waals surface area contributed by atoms with Gasteiger partial charge in [0.1, 0.15) is 0 Å². The van der Waals surface area contributed by atoms with Crippen LogP contribution in [0.3, 0.4) is 0 Å². The van der Waals surface area contributed by atoms with Gasteiger partial charge < -0.3 is 5.32 Å². The molecule has 1 aromatic rings. The van der Waals surface area contributed by atoms with Crippen molar-refractivity contribution in [1.82, 2.24) is 10.2 Å². The van der Waals surface area contributed by atoms with Crippen molar-refractivity contribution < 1.29 is 4.79 Å². The number of benzene rings is 1. The van der Waals surface area contributed by atoms with Gasteiger partial charge in [-0.2, -0.15) is 0 Å². The van der Waals surface area contributed by atoms with Crippen molar-refractivity contribution in [1.29, 1.82) is 0 Å².